The molecule has 0 unspecified atom stereocenters. The second kappa shape index (κ2) is 6.52. The highest BCUT2D eigenvalue weighted by Gasteiger charge is 2.13. The summed E-state index contributed by atoms with van der Waals surface area (Å²) in [5, 5.41) is 3.31. The third kappa shape index (κ3) is 3.57. The molecule has 1 aromatic heterocycles. The summed E-state index contributed by atoms with van der Waals surface area (Å²) >= 11 is 5.74. The number of nitrogens with one attached hydrogen (secondary N) is 1. The Balaban J connectivity index is 2.24. The summed E-state index contributed by atoms with van der Waals surface area (Å²) in [6.07, 6.45) is 0.797. The minimum absolute atomic E-state index is 0.0304. The molecule has 1 aromatic carbocycles. The van der Waals surface area contributed by atoms with Crippen LogP contribution in [0.5, 0.6) is 11.6 Å². The number of hydrogen-bond acceptors (Lipinski definition) is 3. The molecule has 20 heavy (non-hydrogen) atoms. The van der Waals surface area contributed by atoms with Gasteiger partial charge in [-0.05, 0) is 30.7 Å². The molecule has 0 amide bonds. The third-order valence-electron chi connectivity index (χ3n) is 2.47. The van der Waals surface area contributed by atoms with Crippen LogP contribution in [0.3, 0.4) is 0 Å². The fourth-order valence-corrected chi connectivity index (χ4v) is 1.63. The van der Waals surface area contributed by atoms with Crippen molar-refractivity contribution in [2.24, 2.45) is 0 Å². The number of benzene rings is 1. The van der Waals surface area contributed by atoms with Crippen molar-refractivity contribution in [3.8, 4) is 11.6 Å². The second-order valence-corrected chi connectivity index (χ2v) is 4.52. The molecule has 3 nitrogen and oxygen atoms in total. The lowest BCUT2D eigenvalue weighted by atomic mass is 10.3. The maximum atomic E-state index is 13.6. The Morgan fingerprint density at radius 3 is 2.55 bits per heavy atom. The van der Waals surface area contributed by atoms with Gasteiger partial charge in [-0.25, -0.2) is 8.78 Å². The summed E-state index contributed by atoms with van der Waals surface area (Å²) in [6.45, 7) is 2.47. The number of aromatic nitrogens is 1. The fourth-order valence-electron chi connectivity index (χ4n) is 1.50. The number of rotatable bonds is 5. The molecule has 0 bridgehead atoms. The van der Waals surface area contributed by atoms with Gasteiger partial charge < -0.3 is 10.1 Å². The van der Waals surface area contributed by atoms with E-state index in [1.54, 1.807) is 24.3 Å². The van der Waals surface area contributed by atoms with E-state index >= 15 is 0 Å². The van der Waals surface area contributed by atoms with E-state index < -0.39 is 11.6 Å². The van der Waals surface area contributed by atoms with Crippen LogP contribution in [0.4, 0.5) is 14.6 Å². The van der Waals surface area contributed by atoms with Gasteiger partial charge in [0.1, 0.15) is 5.75 Å². The predicted molar refractivity (Wildman–Crippen MR) is 74.5 cm³/mol. The van der Waals surface area contributed by atoms with Crippen molar-refractivity contribution in [3.63, 3.8) is 0 Å². The van der Waals surface area contributed by atoms with Crippen LogP contribution in [0.25, 0.3) is 0 Å². The number of halogens is 3. The molecule has 0 aliphatic carbocycles. The topological polar surface area (TPSA) is 34.2 Å². The maximum Gasteiger partial charge on any atom is 0.258 e. The van der Waals surface area contributed by atoms with Crippen LogP contribution in [0.2, 0.25) is 5.02 Å². The van der Waals surface area contributed by atoms with Gasteiger partial charge >= 0.3 is 0 Å². The van der Waals surface area contributed by atoms with Crippen LogP contribution >= 0.6 is 11.6 Å². The van der Waals surface area contributed by atoms with Crippen molar-refractivity contribution >= 4 is 17.4 Å². The number of anilines is 1. The fraction of sp³-hybridized carbons (Fsp3) is 0.214. The summed E-state index contributed by atoms with van der Waals surface area (Å²) in [7, 11) is 0. The maximum absolute atomic E-state index is 13.6. The highest BCUT2D eigenvalue weighted by atomic mass is 35.5. The molecule has 0 aliphatic rings. The van der Waals surface area contributed by atoms with Gasteiger partial charge in [0.25, 0.3) is 5.88 Å². The summed E-state index contributed by atoms with van der Waals surface area (Å²) in [5.74, 6) is -1.56. The molecule has 1 heterocycles. The average Bonchev–Trinajstić information content (AvgIpc) is 2.43. The molecule has 2 rings (SSSR count). The monoisotopic (exact) mass is 298 g/mol. The number of nitrogens with zero attached hydrogens (tertiary/aromatic N) is 1. The van der Waals surface area contributed by atoms with Crippen LogP contribution < -0.4 is 10.1 Å². The lowest BCUT2D eigenvalue weighted by Gasteiger charge is -2.10. The van der Waals surface area contributed by atoms with Gasteiger partial charge in [-0.2, -0.15) is 4.98 Å². The Bertz CT molecular complexity index is 590. The van der Waals surface area contributed by atoms with E-state index in [1.807, 2.05) is 6.92 Å². The van der Waals surface area contributed by atoms with Crippen LogP contribution in [0.15, 0.2) is 30.3 Å². The van der Waals surface area contributed by atoms with Crippen molar-refractivity contribution in [3.05, 3.63) is 47.0 Å². The molecular formula is C14H13ClF2N2O. The molecule has 0 atom stereocenters. The first-order valence-electron chi connectivity index (χ1n) is 6.13. The van der Waals surface area contributed by atoms with Crippen LogP contribution in [-0.4, -0.2) is 11.5 Å². The molecule has 0 radical (unpaired) electrons. The van der Waals surface area contributed by atoms with Gasteiger partial charge in [0, 0.05) is 17.6 Å². The molecule has 0 aliphatic heterocycles. The van der Waals surface area contributed by atoms with Crippen LogP contribution in [0.1, 0.15) is 13.3 Å². The van der Waals surface area contributed by atoms with Crippen molar-refractivity contribution in [2.75, 3.05) is 11.9 Å². The van der Waals surface area contributed by atoms with Gasteiger partial charge in [-0.3, -0.25) is 0 Å². The van der Waals surface area contributed by atoms with Crippen molar-refractivity contribution < 1.29 is 13.5 Å². The molecule has 6 heteroatoms. The Kier molecular flexibility index (Phi) is 4.74. The zero-order valence-corrected chi connectivity index (χ0v) is 11.5. The SMILES string of the molecule is CCCNc1nc(Oc2ccc(Cl)cc2)c(F)cc1F. The highest BCUT2D eigenvalue weighted by molar-refractivity contribution is 6.30. The molecule has 0 spiro atoms. The molecule has 1 N–H and O–H groups in total. The van der Waals surface area contributed by atoms with Gasteiger partial charge in [-0.15, -0.1) is 0 Å². The van der Waals surface area contributed by atoms with E-state index in [-0.39, 0.29) is 11.7 Å². The first-order chi connectivity index (χ1) is 9.60. The predicted octanol–water partition coefficient (Wildman–Crippen LogP) is 4.63. The minimum atomic E-state index is -0.862. The summed E-state index contributed by atoms with van der Waals surface area (Å²) in [6, 6.07) is 7.11. The Morgan fingerprint density at radius 2 is 1.90 bits per heavy atom. The molecule has 0 saturated heterocycles. The minimum Gasteiger partial charge on any atom is -0.436 e. The van der Waals surface area contributed by atoms with Gasteiger partial charge in [0.05, 0.1) is 0 Å². The van der Waals surface area contributed by atoms with Gasteiger partial charge in [-0.1, -0.05) is 18.5 Å². The number of hydrogen-bond donors (Lipinski definition) is 1. The van der Waals surface area contributed by atoms with Gasteiger partial charge in [0.2, 0.25) is 0 Å². The first-order valence-corrected chi connectivity index (χ1v) is 6.51. The normalized spacial score (nSPS) is 10.4. The van der Waals surface area contributed by atoms with E-state index in [0.29, 0.717) is 17.3 Å². The quantitative estimate of drug-likeness (QED) is 0.874. The standard InChI is InChI=1S/C14H13ClF2N2O/c1-2-7-18-13-11(16)8-12(17)14(19-13)20-10-5-3-9(15)4-6-10/h3-6,8H,2,7H2,1H3,(H,18,19). The highest BCUT2D eigenvalue weighted by Crippen LogP contribution is 2.26. The summed E-state index contributed by atoms with van der Waals surface area (Å²) < 4.78 is 32.4. The summed E-state index contributed by atoms with van der Waals surface area (Å²) in [4.78, 5) is 3.81. The van der Waals surface area contributed by atoms with E-state index in [1.165, 1.54) is 0 Å². The Hall–Kier alpha value is -1.88. The molecule has 0 fully saturated rings. The molecule has 2 aromatic rings. The third-order valence-corrected chi connectivity index (χ3v) is 2.72. The zero-order chi connectivity index (χ0) is 14.5. The van der Waals surface area contributed by atoms with E-state index in [4.69, 9.17) is 16.3 Å². The van der Waals surface area contributed by atoms with Crippen molar-refractivity contribution in [2.45, 2.75) is 13.3 Å². The molecule has 106 valence electrons. The number of pyridine rings is 1. The van der Waals surface area contributed by atoms with Gasteiger partial charge in [0.15, 0.2) is 17.5 Å². The van der Waals surface area contributed by atoms with E-state index in [9.17, 15) is 8.78 Å². The Labute approximate surface area is 120 Å². The van der Waals surface area contributed by atoms with Crippen LogP contribution in [-0.2, 0) is 0 Å². The molecular weight excluding hydrogens is 286 g/mol. The molecule has 0 saturated carbocycles. The Morgan fingerprint density at radius 1 is 1.20 bits per heavy atom. The number of ether oxygens (including phenoxy) is 1. The lowest BCUT2D eigenvalue weighted by Crippen LogP contribution is -2.06. The van der Waals surface area contributed by atoms with E-state index in [2.05, 4.69) is 10.3 Å². The van der Waals surface area contributed by atoms with E-state index in [0.717, 1.165) is 12.5 Å². The summed E-state index contributed by atoms with van der Waals surface area (Å²) in [5.41, 5.74) is 0. The van der Waals surface area contributed by atoms with Crippen LogP contribution in [0, 0.1) is 11.6 Å². The lowest BCUT2D eigenvalue weighted by molar-refractivity contribution is 0.418. The van der Waals surface area contributed by atoms with Crippen molar-refractivity contribution in [1.82, 2.24) is 4.98 Å². The first kappa shape index (κ1) is 14.5. The second-order valence-electron chi connectivity index (χ2n) is 4.09. The largest absolute Gasteiger partial charge is 0.436 e. The average molecular weight is 299 g/mol. The zero-order valence-electron chi connectivity index (χ0n) is 10.8. The smallest absolute Gasteiger partial charge is 0.258 e. The van der Waals surface area contributed by atoms with Crippen molar-refractivity contribution in [1.29, 1.82) is 0 Å².